The van der Waals surface area contributed by atoms with E-state index in [4.69, 9.17) is 9.47 Å². The number of nitrogens with zero attached hydrogens (tertiary/aromatic N) is 1. The molecule has 0 heterocycles. The molecule has 4 aromatic rings. The van der Waals surface area contributed by atoms with Crippen molar-refractivity contribution in [3.63, 3.8) is 0 Å². The lowest BCUT2D eigenvalue weighted by atomic mass is 10.4. The van der Waals surface area contributed by atoms with Crippen molar-refractivity contribution in [3.8, 4) is 0 Å². The minimum Gasteiger partial charge on any atom is -0.352 e. The Morgan fingerprint density at radius 2 is 0.811 bits per heavy atom. The van der Waals surface area contributed by atoms with E-state index in [2.05, 4.69) is 126 Å². The molecule has 0 spiro atoms. The maximum absolute atomic E-state index is 6.05. The van der Waals surface area contributed by atoms with Crippen molar-refractivity contribution in [2.75, 3.05) is 32.3 Å². The first kappa shape index (κ1) is 27.6. The van der Waals surface area contributed by atoms with Gasteiger partial charge in [-0.2, -0.15) is 0 Å². The van der Waals surface area contributed by atoms with E-state index >= 15 is 0 Å². The van der Waals surface area contributed by atoms with E-state index in [1.807, 2.05) is 13.8 Å². The Morgan fingerprint density at radius 1 is 0.514 bits per heavy atom. The van der Waals surface area contributed by atoms with Crippen LogP contribution in [0.3, 0.4) is 0 Å². The van der Waals surface area contributed by atoms with Crippen LogP contribution in [0, 0.1) is 0 Å². The van der Waals surface area contributed by atoms with Gasteiger partial charge in [-0.05, 0) is 50.9 Å². The van der Waals surface area contributed by atoms with Crippen LogP contribution in [0.15, 0.2) is 121 Å². The quantitative estimate of drug-likeness (QED) is 0.151. The van der Waals surface area contributed by atoms with Crippen LogP contribution in [0.4, 0.5) is 0 Å². The van der Waals surface area contributed by atoms with Crippen LogP contribution >= 0.6 is 15.8 Å². The topological polar surface area (TPSA) is 21.7 Å². The first-order chi connectivity index (χ1) is 18.3. The van der Waals surface area contributed by atoms with Crippen molar-refractivity contribution in [2.24, 2.45) is 0 Å². The Kier molecular flexibility index (Phi) is 11.3. The Labute approximate surface area is 225 Å². The third-order valence-corrected chi connectivity index (χ3v) is 11.1. The van der Waals surface area contributed by atoms with Gasteiger partial charge in [0.05, 0.1) is 6.54 Å². The van der Waals surface area contributed by atoms with Crippen LogP contribution < -0.4 is 21.2 Å². The summed E-state index contributed by atoms with van der Waals surface area (Å²) in [6.07, 6.45) is 1.64. The van der Waals surface area contributed by atoms with Gasteiger partial charge in [-0.1, -0.05) is 121 Å². The summed E-state index contributed by atoms with van der Waals surface area (Å²) in [4.78, 5) is 2.59. The van der Waals surface area contributed by atoms with Gasteiger partial charge in [-0.25, -0.2) is 0 Å². The fourth-order valence-electron chi connectivity index (χ4n) is 4.35. The first-order valence-electron chi connectivity index (χ1n) is 13.0. The number of hydrogen-bond donors (Lipinski definition) is 0. The van der Waals surface area contributed by atoms with Crippen LogP contribution in [0.25, 0.3) is 0 Å². The molecule has 0 N–H and O–H groups in total. The molecule has 192 valence electrons. The average Bonchev–Trinajstić information content (AvgIpc) is 2.96. The van der Waals surface area contributed by atoms with Crippen molar-refractivity contribution in [2.45, 2.75) is 20.1 Å². The molecule has 4 aromatic carbocycles. The lowest BCUT2D eigenvalue weighted by Gasteiger charge is -2.34. The second kappa shape index (κ2) is 15.1. The zero-order chi connectivity index (χ0) is 25.7. The summed E-state index contributed by atoms with van der Waals surface area (Å²) in [5.74, 6) is 0. The maximum Gasteiger partial charge on any atom is 0.170 e. The molecule has 3 nitrogen and oxygen atoms in total. The fraction of sp³-hybridized carbons (Fsp3) is 0.250. The predicted octanol–water partition coefficient (Wildman–Crippen LogP) is 5.87. The maximum atomic E-state index is 6.05. The van der Waals surface area contributed by atoms with Gasteiger partial charge in [-0.3, -0.25) is 4.90 Å². The molecule has 0 amide bonds. The number of hydrogen-bond acceptors (Lipinski definition) is 3. The van der Waals surface area contributed by atoms with Crippen LogP contribution in [-0.4, -0.2) is 43.5 Å². The molecular weight excluding hydrogens is 492 g/mol. The van der Waals surface area contributed by atoms with Gasteiger partial charge in [0.1, 0.15) is 0 Å². The molecule has 37 heavy (non-hydrogen) atoms. The third-order valence-electron chi connectivity index (χ3n) is 6.07. The molecule has 0 bridgehead atoms. The summed E-state index contributed by atoms with van der Waals surface area (Å²) >= 11 is 0. The van der Waals surface area contributed by atoms with E-state index in [0.29, 0.717) is 13.2 Å². The van der Waals surface area contributed by atoms with Gasteiger partial charge in [0.25, 0.3) is 0 Å². The largest absolute Gasteiger partial charge is 0.352 e. The number of benzene rings is 4. The van der Waals surface area contributed by atoms with E-state index in [-0.39, 0.29) is 6.29 Å². The zero-order valence-corrected chi connectivity index (χ0v) is 23.6. The lowest BCUT2D eigenvalue weighted by Crippen LogP contribution is -2.39. The molecule has 0 aliphatic carbocycles. The average molecular weight is 530 g/mol. The molecule has 0 fully saturated rings. The summed E-state index contributed by atoms with van der Waals surface area (Å²) in [5, 5.41) is 5.56. The predicted molar refractivity (Wildman–Crippen MR) is 162 cm³/mol. The van der Waals surface area contributed by atoms with Crippen molar-refractivity contribution in [1.82, 2.24) is 4.90 Å². The fourth-order valence-corrected chi connectivity index (χ4v) is 9.12. The highest BCUT2D eigenvalue weighted by molar-refractivity contribution is 7.73. The monoisotopic (exact) mass is 529 g/mol. The molecule has 0 saturated carbocycles. The van der Waals surface area contributed by atoms with Crippen molar-refractivity contribution in [3.05, 3.63) is 121 Å². The SMILES string of the molecule is CCOC(CN(CP(c1ccccc1)c1ccccc1)CP(c1ccccc1)c1ccccc1)OCC. The Bertz CT molecular complexity index is 977. The summed E-state index contributed by atoms with van der Waals surface area (Å²) in [6, 6.07) is 43.8. The second-order valence-electron chi connectivity index (χ2n) is 8.67. The smallest absolute Gasteiger partial charge is 0.170 e. The van der Waals surface area contributed by atoms with Gasteiger partial charge in [0.15, 0.2) is 6.29 Å². The van der Waals surface area contributed by atoms with Gasteiger partial charge in [-0.15, -0.1) is 0 Å². The Morgan fingerprint density at radius 3 is 1.08 bits per heavy atom. The van der Waals surface area contributed by atoms with Crippen molar-refractivity contribution >= 4 is 37.1 Å². The Balaban J connectivity index is 1.70. The molecule has 0 radical (unpaired) electrons. The highest BCUT2D eigenvalue weighted by atomic mass is 31.1. The van der Waals surface area contributed by atoms with Crippen LogP contribution in [-0.2, 0) is 9.47 Å². The van der Waals surface area contributed by atoms with E-state index in [0.717, 1.165) is 19.1 Å². The Hall–Kier alpha value is -2.38. The molecule has 0 aliphatic heterocycles. The molecule has 0 unspecified atom stereocenters. The van der Waals surface area contributed by atoms with Crippen LogP contribution in [0.5, 0.6) is 0 Å². The highest BCUT2D eigenvalue weighted by Gasteiger charge is 2.25. The third kappa shape index (κ3) is 8.30. The van der Waals surface area contributed by atoms with Crippen molar-refractivity contribution in [1.29, 1.82) is 0 Å². The van der Waals surface area contributed by atoms with Crippen molar-refractivity contribution < 1.29 is 9.47 Å². The second-order valence-corrected chi connectivity index (χ2v) is 13.0. The van der Waals surface area contributed by atoms with E-state index in [1.54, 1.807) is 0 Å². The molecule has 0 aromatic heterocycles. The zero-order valence-electron chi connectivity index (χ0n) is 21.8. The van der Waals surface area contributed by atoms with E-state index in [9.17, 15) is 0 Å². The molecular formula is C32H37NO2P2. The van der Waals surface area contributed by atoms with Gasteiger partial charge in [0.2, 0.25) is 0 Å². The lowest BCUT2D eigenvalue weighted by molar-refractivity contribution is -0.144. The highest BCUT2D eigenvalue weighted by Crippen LogP contribution is 2.39. The molecule has 0 atom stereocenters. The molecule has 0 aliphatic rings. The minimum atomic E-state index is -0.583. The minimum absolute atomic E-state index is 0.248. The molecule has 0 saturated heterocycles. The van der Waals surface area contributed by atoms with Crippen LogP contribution in [0.1, 0.15) is 13.8 Å². The first-order valence-corrected chi connectivity index (χ1v) is 16.0. The van der Waals surface area contributed by atoms with Gasteiger partial charge >= 0.3 is 0 Å². The molecule has 5 heteroatoms. The van der Waals surface area contributed by atoms with Gasteiger partial charge in [0, 0.05) is 25.8 Å². The number of rotatable bonds is 14. The molecule has 4 rings (SSSR count). The van der Waals surface area contributed by atoms with Gasteiger partial charge < -0.3 is 9.47 Å². The summed E-state index contributed by atoms with van der Waals surface area (Å²) in [5.41, 5.74) is 0. The van der Waals surface area contributed by atoms with E-state index < -0.39 is 15.8 Å². The van der Waals surface area contributed by atoms with E-state index in [1.165, 1.54) is 21.2 Å². The summed E-state index contributed by atoms with van der Waals surface area (Å²) in [7, 11) is -1.17. The number of ether oxygens (including phenoxy) is 2. The summed E-state index contributed by atoms with van der Waals surface area (Å²) < 4.78 is 12.1. The normalized spacial score (nSPS) is 11.6. The summed E-state index contributed by atoms with van der Waals surface area (Å²) in [6.45, 7) is 6.09. The van der Waals surface area contributed by atoms with Crippen LogP contribution in [0.2, 0.25) is 0 Å². The standard InChI is InChI=1S/C32H37NO2P2/c1-3-34-32(35-4-2)25-33(26-36(28-17-9-5-10-18-28)29-19-11-6-12-20-29)27-37(30-21-13-7-14-22-30)31-23-15-8-16-24-31/h5-24,32H,3-4,25-27H2,1-2H3.